The van der Waals surface area contributed by atoms with Crippen LogP contribution in [0.25, 0.3) is 0 Å². The van der Waals surface area contributed by atoms with Crippen LogP contribution in [0, 0.1) is 5.92 Å². The maximum atomic E-state index is 11.6. The summed E-state index contributed by atoms with van der Waals surface area (Å²) in [5.41, 5.74) is 0. The van der Waals surface area contributed by atoms with Gasteiger partial charge >= 0.3 is 5.97 Å². The van der Waals surface area contributed by atoms with E-state index >= 15 is 0 Å². The topological polar surface area (TPSA) is 55.4 Å². The fraction of sp³-hybridized carbons (Fsp3) is 0.818. The van der Waals surface area contributed by atoms with Gasteiger partial charge in [-0.1, -0.05) is 19.8 Å². The Morgan fingerprint density at radius 1 is 1.53 bits per heavy atom. The molecule has 0 aromatic carbocycles. The number of carbonyl (C=O) groups excluding carboxylic acids is 2. The van der Waals surface area contributed by atoms with Crippen LogP contribution in [0.4, 0.5) is 0 Å². The molecule has 1 saturated heterocycles. The van der Waals surface area contributed by atoms with Crippen LogP contribution in [-0.2, 0) is 14.3 Å². The molecular weight excluding hydrogens is 194 g/mol. The minimum atomic E-state index is -0.344. The van der Waals surface area contributed by atoms with Crippen LogP contribution in [0.2, 0.25) is 0 Å². The Hall–Kier alpha value is -0.900. The average Bonchev–Trinajstić information content (AvgIpc) is 2.72. The number of hydrogen-bond donors (Lipinski definition) is 1. The molecule has 4 heteroatoms. The first-order chi connectivity index (χ1) is 7.29. The Morgan fingerprint density at radius 2 is 2.33 bits per heavy atom. The number of ether oxygens (including phenoxy) is 1. The molecule has 2 unspecified atom stereocenters. The molecule has 1 aliphatic heterocycles. The Bertz CT molecular complexity index is 218. The van der Waals surface area contributed by atoms with Crippen LogP contribution in [-0.4, -0.2) is 31.4 Å². The number of rotatable bonds is 6. The highest BCUT2D eigenvalue weighted by Crippen LogP contribution is 2.16. The van der Waals surface area contributed by atoms with E-state index in [4.69, 9.17) is 4.74 Å². The molecule has 15 heavy (non-hydrogen) atoms. The second kappa shape index (κ2) is 6.56. The lowest BCUT2D eigenvalue weighted by atomic mass is 10.0. The number of carbonyl (C=O) groups is 2. The SMILES string of the molecule is CCCCCOC(=O)C1CCNC1C=O. The smallest absolute Gasteiger partial charge is 0.311 e. The van der Waals surface area contributed by atoms with E-state index in [1.54, 1.807) is 0 Å². The lowest BCUT2D eigenvalue weighted by Gasteiger charge is -2.12. The number of aldehydes is 1. The number of hydrogen-bond acceptors (Lipinski definition) is 4. The minimum Gasteiger partial charge on any atom is -0.465 e. The molecule has 0 radical (unpaired) electrons. The molecule has 86 valence electrons. The quantitative estimate of drug-likeness (QED) is 0.404. The summed E-state index contributed by atoms with van der Waals surface area (Å²) in [7, 11) is 0. The van der Waals surface area contributed by atoms with E-state index in [1.165, 1.54) is 0 Å². The predicted molar refractivity (Wildman–Crippen MR) is 56.4 cm³/mol. The second-order valence-corrected chi connectivity index (χ2v) is 3.89. The Morgan fingerprint density at radius 3 is 3.00 bits per heavy atom. The summed E-state index contributed by atoms with van der Waals surface area (Å²) in [6, 6.07) is -0.344. The molecule has 0 bridgehead atoms. The highest BCUT2D eigenvalue weighted by Gasteiger charge is 2.33. The zero-order valence-electron chi connectivity index (χ0n) is 9.20. The molecule has 0 spiro atoms. The van der Waals surface area contributed by atoms with Crippen molar-refractivity contribution in [2.24, 2.45) is 5.92 Å². The number of nitrogens with one attached hydrogen (secondary N) is 1. The van der Waals surface area contributed by atoms with Crippen molar-refractivity contribution in [3.8, 4) is 0 Å². The van der Waals surface area contributed by atoms with Crippen LogP contribution in [0.3, 0.4) is 0 Å². The van der Waals surface area contributed by atoms with Gasteiger partial charge in [0.1, 0.15) is 6.29 Å². The largest absolute Gasteiger partial charge is 0.465 e. The third-order valence-electron chi connectivity index (χ3n) is 2.71. The van der Waals surface area contributed by atoms with Gasteiger partial charge in [-0.05, 0) is 19.4 Å². The number of unbranched alkanes of at least 4 members (excludes halogenated alkanes) is 2. The maximum absolute atomic E-state index is 11.6. The van der Waals surface area contributed by atoms with Gasteiger partial charge < -0.3 is 14.8 Å². The van der Waals surface area contributed by atoms with Crippen molar-refractivity contribution in [2.75, 3.05) is 13.2 Å². The Kier molecular flexibility index (Phi) is 5.32. The van der Waals surface area contributed by atoms with Crippen molar-refractivity contribution in [3.05, 3.63) is 0 Å². The Balaban J connectivity index is 2.24. The first kappa shape index (κ1) is 12.2. The van der Waals surface area contributed by atoms with E-state index in [1.807, 2.05) is 0 Å². The minimum absolute atomic E-state index is 0.229. The van der Waals surface area contributed by atoms with E-state index in [0.717, 1.165) is 32.1 Å². The van der Waals surface area contributed by atoms with Crippen molar-refractivity contribution in [3.63, 3.8) is 0 Å². The average molecular weight is 213 g/mol. The third kappa shape index (κ3) is 3.63. The van der Waals surface area contributed by atoms with Crippen LogP contribution in [0.1, 0.15) is 32.6 Å². The fourth-order valence-electron chi connectivity index (χ4n) is 1.77. The van der Waals surface area contributed by atoms with Crippen molar-refractivity contribution < 1.29 is 14.3 Å². The molecule has 1 aliphatic rings. The molecule has 0 saturated carbocycles. The summed E-state index contributed by atoms with van der Waals surface area (Å²) in [4.78, 5) is 22.2. The monoisotopic (exact) mass is 213 g/mol. The van der Waals surface area contributed by atoms with Crippen LogP contribution in [0.5, 0.6) is 0 Å². The van der Waals surface area contributed by atoms with Gasteiger partial charge in [0, 0.05) is 0 Å². The van der Waals surface area contributed by atoms with Gasteiger partial charge in [0.05, 0.1) is 18.6 Å². The first-order valence-electron chi connectivity index (χ1n) is 5.65. The first-order valence-corrected chi connectivity index (χ1v) is 5.65. The van der Waals surface area contributed by atoms with E-state index < -0.39 is 0 Å². The van der Waals surface area contributed by atoms with Crippen molar-refractivity contribution in [1.82, 2.24) is 5.32 Å². The highest BCUT2D eigenvalue weighted by atomic mass is 16.5. The van der Waals surface area contributed by atoms with Gasteiger partial charge in [0.2, 0.25) is 0 Å². The molecule has 0 aromatic rings. The van der Waals surface area contributed by atoms with E-state index in [-0.39, 0.29) is 17.9 Å². The van der Waals surface area contributed by atoms with Gasteiger partial charge in [-0.15, -0.1) is 0 Å². The summed E-state index contributed by atoms with van der Waals surface area (Å²) in [6.07, 6.45) is 4.60. The standard InChI is InChI=1S/C11H19NO3/c1-2-3-4-7-15-11(14)9-5-6-12-10(9)8-13/h8-10,12H,2-7H2,1H3. The van der Waals surface area contributed by atoms with Crippen LogP contribution >= 0.6 is 0 Å². The summed E-state index contributed by atoms with van der Waals surface area (Å²) >= 11 is 0. The second-order valence-electron chi connectivity index (χ2n) is 3.89. The Labute approximate surface area is 90.4 Å². The predicted octanol–water partition coefficient (Wildman–Crippen LogP) is 0.897. The van der Waals surface area contributed by atoms with Gasteiger partial charge in [-0.2, -0.15) is 0 Å². The van der Waals surface area contributed by atoms with Crippen molar-refractivity contribution in [2.45, 2.75) is 38.6 Å². The molecule has 0 aliphatic carbocycles. The number of esters is 1. The summed E-state index contributed by atoms with van der Waals surface area (Å²) in [5.74, 6) is -0.502. The maximum Gasteiger partial charge on any atom is 0.311 e. The van der Waals surface area contributed by atoms with Crippen LogP contribution < -0.4 is 5.32 Å². The van der Waals surface area contributed by atoms with Crippen molar-refractivity contribution in [1.29, 1.82) is 0 Å². The summed E-state index contributed by atoms with van der Waals surface area (Å²) in [6.45, 7) is 3.30. The van der Waals surface area contributed by atoms with Gasteiger partial charge in [-0.3, -0.25) is 4.79 Å². The lowest BCUT2D eigenvalue weighted by Crippen LogP contribution is -2.33. The normalized spacial score (nSPS) is 25.1. The third-order valence-corrected chi connectivity index (χ3v) is 2.71. The molecule has 2 atom stereocenters. The summed E-state index contributed by atoms with van der Waals surface area (Å²) in [5, 5.41) is 2.97. The highest BCUT2D eigenvalue weighted by molar-refractivity contribution is 5.79. The van der Waals surface area contributed by atoms with E-state index in [0.29, 0.717) is 13.0 Å². The zero-order valence-corrected chi connectivity index (χ0v) is 9.20. The summed E-state index contributed by atoms with van der Waals surface area (Å²) < 4.78 is 5.12. The van der Waals surface area contributed by atoms with E-state index in [9.17, 15) is 9.59 Å². The zero-order chi connectivity index (χ0) is 11.1. The molecule has 4 nitrogen and oxygen atoms in total. The van der Waals surface area contributed by atoms with E-state index in [2.05, 4.69) is 12.2 Å². The fourth-order valence-corrected chi connectivity index (χ4v) is 1.77. The molecule has 1 fully saturated rings. The molecule has 0 aromatic heterocycles. The van der Waals surface area contributed by atoms with Crippen molar-refractivity contribution >= 4 is 12.3 Å². The lowest BCUT2D eigenvalue weighted by molar-refractivity contribution is -0.149. The van der Waals surface area contributed by atoms with Gasteiger partial charge in [-0.25, -0.2) is 0 Å². The van der Waals surface area contributed by atoms with Gasteiger partial charge in [0.25, 0.3) is 0 Å². The molecule has 0 amide bonds. The van der Waals surface area contributed by atoms with Gasteiger partial charge in [0.15, 0.2) is 0 Å². The molecular formula is C11H19NO3. The molecule has 1 rings (SSSR count). The van der Waals surface area contributed by atoms with Crippen LogP contribution in [0.15, 0.2) is 0 Å². The molecule has 1 N–H and O–H groups in total. The molecule has 1 heterocycles.